The minimum Gasteiger partial charge on any atom is -0.383 e. The van der Waals surface area contributed by atoms with Gasteiger partial charge in [0.1, 0.15) is 0 Å². The fourth-order valence-electron chi connectivity index (χ4n) is 2.20. The van der Waals surface area contributed by atoms with Gasteiger partial charge in [-0.2, -0.15) is 5.10 Å². The van der Waals surface area contributed by atoms with Gasteiger partial charge in [-0.05, 0) is 0 Å². The average molecular weight is 238 g/mol. The zero-order chi connectivity index (χ0) is 12.1. The highest BCUT2D eigenvalue weighted by Crippen LogP contribution is 2.07. The van der Waals surface area contributed by atoms with E-state index >= 15 is 0 Å². The highest BCUT2D eigenvalue weighted by molar-refractivity contribution is 5.03. The molecule has 0 radical (unpaired) electrons. The number of methoxy groups -OCH3 is 1. The molecule has 5 heteroatoms. The average Bonchev–Trinajstić information content (AvgIpc) is 2.74. The predicted molar refractivity (Wildman–Crippen MR) is 66.8 cm³/mol. The molecule has 0 N–H and O–H groups in total. The first-order valence-corrected chi connectivity index (χ1v) is 6.19. The van der Waals surface area contributed by atoms with E-state index in [1.807, 2.05) is 17.9 Å². The highest BCUT2D eigenvalue weighted by atomic mass is 16.5. The molecule has 2 heterocycles. The molecule has 0 aliphatic carbocycles. The fourth-order valence-corrected chi connectivity index (χ4v) is 2.20. The molecule has 17 heavy (non-hydrogen) atoms. The van der Waals surface area contributed by atoms with Gasteiger partial charge in [-0.3, -0.25) is 14.5 Å². The Hall–Kier alpha value is -0.910. The van der Waals surface area contributed by atoms with Crippen molar-refractivity contribution in [2.75, 3.05) is 46.4 Å². The fraction of sp³-hybridized carbons (Fsp3) is 0.750. The van der Waals surface area contributed by atoms with Crippen LogP contribution in [0.25, 0.3) is 0 Å². The maximum absolute atomic E-state index is 5.10. The van der Waals surface area contributed by atoms with E-state index in [0.29, 0.717) is 0 Å². The summed E-state index contributed by atoms with van der Waals surface area (Å²) in [7, 11) is 3.73. The topological polar surface area (TPSA) is 33.5 Å². The summed E-state index contributed by atoms with van der Waals surface area (Å²) < 4.78 is 6.97. The first-order valence-electron chi connectivity index (χ1n) is 6.19. The van der Waals surface area contributed by atoms with Gasteiger partial charge in [0, 0.05) is 65.2 Å². The largest absolute Gasteiger partial charge is 0.383 e. The van der Waals surface area contributed by atoms with Crippen molar-refractivity contribution in [1.29, 1.82) is 0 Å². The van der Waals surface area contributed by atoms with Crippen molar-refractivity contribution in [2.24, 2.45) is 7.05 Å². The third-order valence-corrected chi connectivity index (χ3v) is 3.24. The van der Waals surface area contributed by atoms with E-state index in [9.17, 15) is 0 Å². The van der Waals surface area contributed by atoms with Gasteiger partial charge in [0.05, 0.1) is 12.8 Å². The van der Waals surface area contributed by atoms with Gasteiger partial charge in [-0.15, -0.1) is 0 Å². The summed E-state index contributed by atoms with van der Waals surface area (Å²) in [6.45, 7) is 7.47. The molecule has 1 aliphatic rings. The summed E-state index contributed by atoms with van der Waals surface area (Å²) in [5.74, 6) is 0. The Labute approximate surface area is 103 Å². The summed E-state index contributed by atoms with van der Waals surface area (Å²) in [6, 6.07) is 0. The normalized spacial score (nSPS) is 18.7. The number of hydrogen-bond acceptors (Lipinski definition) is 4. The Morgan fingerprint density at radius 2 is 1.94 bits per heavy atom. The number of piperazine rings is 1. The maximum atomic E-state index is 5.10. The van der Waals surface area contributed by atoms with E-state index in [-0.39, 0.29) is 0 Å². The van der Waals surface area contributed by atoms with E-state index in [4.69, 9.17) is 4.74 Å². The van der Waals surface area contributed by atoms with Crippen LogP contribution in [0.4, 0.5) is 0 Å². The zero-order valence-corrected chi connectivity index (χ0v) is 10.8. The van der Waals surface area contributed by atoms with Crippen LogP contribution in [0.15, 0.2) is 12.4 Å². The standard InChI is InChI=1S/C12H22N4O/c1-14-10-12(9-13-14)11-16-5-3-15(4-6-16)7-8-17-2/h9-10H,3-8,11H2,1-2H3. The molecule has 2 rings (SSSR count). The number of aryl methyl sites for hydroxylation is 1. The SMILES string of the molecule is COCCN1CCN(Cc2cnn(C)c2)CC1. The molecule has 1 aromatic rings. The third-order valence-electron chi connectivity index (χ3n) is 3.24. The molecule has 0 amide bonds. The van der Waals surface area contributed by atoms with Gasteiger partial charge in [0.15, 0.2) is 0 Å². The van der Waals surface area contributed by atoms with Crippen molar-refractivity contribution in [1.82, 2.24) is 19.6 Å². The van der Waals surface area contributed by atoms with Gasteiger partial charge in [-0.1, -0.05) is 0 Å². The summed E-state index contributed by atoms with van der Waals surface area (Å²) >= 11 is 0. The quantitative estimate of drug-likeness (QED) is 0.733. The molecule has 0 saturated carbocycles. The van der Waals surface area contributed by atoms with E-state index in [1.54, 1.807) is 7.11 Å². The number of hydrogen-bond donors (Lipinski definition) is 0. The molecule has 0 atom stereocenters. The zero-order valence-electron chi connectivity index (χ0n) is 10.8. The second-order valence-electron chi connectivity index (χ2n) is 4.63. The van der Waals surface area contributed by atoms with Crippen LogP contribution in [-0.2, 0) is 18.3 Å². The molecule has 1 aromatic heterocycles. The maximum Gasteiger partial charge on any atom is 0.0589 e. The van der Waals surface area contributed by atoms with Crippen LogP contribution in [0.1, 0.15) is 5.56 Å². The Morgan fingerprint density at radius 1 is 1.24 bits per heavy atom. The predicted octanol–water partition coefficient (Wildman–Crippen LogP) is 0.184. The highest BCUT2D eigenvalue weighted by Gasteiger charge is 2.16. The lowest BCUT2D eigenvalue weighted by molar-refractivity contribution is 0.0938. The van der Waals surface area contributed by atoms with Gasteiger partial charge >= 0.3 is 0 Å². The molecular weight excluding hydrogens is 216 g/mol. The molecule has 1 fully saturated rings. The number of ether oxygens (including phenoxy) is 1. The van der Waals surface area contributed by atoms with Gasteiger partial charge < -0.3 is 4.74 Å². The summed E-state index contributed by atoms with van der Waals surface area (Å²) in [4.78, 5) is 4.95. The van der Waals surface area contributed by atoms with Crippen molar-refractivity contribution in [2.45, 2.75) is 6.54 Å². The molecule has 0 unspecified atom stereocenters. The van der Waals surface area contributed by atoms with Crippen LogP contribution in [0.5, 0.6) is 0 Å². The van der Waals surface area contributed by atoms with Crippen LogP contribution in [0.2, 0.25) is 0 Å². The van der Waals surface area contributed by atoms with Crippen molar-refractivity contribution >= 4 is 0 Å². The third kappa shape index (κ3) is 3.80. The summed E-state index contributed by atoms with van der Waals surface area (Å²) in [5.41, 5.74) is 1.30. The van der Waals surface area contributed by atoms with E-state index in [0.717, 1.165) is 45.9 Å². The summed E-state index contributed by atoms with van der Waals surface area (Å²) in [6.07, 6.45) is 4.05. The molecule has 1 aliphatic heterocycles. The van der Waals surface area contributed by atoms with Crippen molar-refractivity contribution in [3.05, 3.63) is 18.0 Å². The van der Waals surface area contributed by atoms with Crippen molar-refractivity contribution in [3.63, 3.8) is 0 Å². The number of rotatable bonds is 5. The smallest absolute Gasteiger partial charge is 0.0589 e. The molecule has 0 bridgehead atoms. The lowest BCUT2D eigenvalue weighted by atomic mass is 10.2. The van der Waals surface area contributed by atoms with Gasteiger partial charge in [0.2, 0.25) is 0 Å². The van der Waals surface area contributed by atoms with Crippen LogP contribution >= 0.6 is 0 Å². The Morgan fingerprint density at radius 3 is 2.53 bits per heavy atom. The molecule has 1 saturated heterocycles. The van der Waals surface area contributed by atoms with E-state index in [2.05, 4.69) is 21.1 Å². The summed E-state index contributed by atoms with van der Waals surface area (Å²) in [5, 5.41) is 4.20. The van der Waals surface area contributed by atoms with Gasteiger partial charge in [-0.25, -0.2) is 0 Å². The lowest BCUT2D eigenvalue weighted by Crippen LogP contribution is -2.46. The van der Waals surface area contributed by atoms with Crippen LogP contribution in [0, 0.1) is 0 Å². The Kier molecular flexibility index (Phi) is 4.53. The van der Waals surface area contributed by atoms with Crippen molar-refractivity contribution < 1.29 is 4.74 Å². The monoisotopic (exact) mass is 238 g/mol. The molecule has 0 spiro atoms. The first-order chi connectivity index (χ1) is 8.28. The number of aromatic nitrogens is 2. The second-order valence-corrected chi connectivity index (χ2v) is 4.63. The molecular formula is C12H22N4O. The first kappa shape index (κ1) is 12.5. The van der Waals surface area contributed by atoms with Crippen molar-refractivity contribution in [3.8, 4) is 0 Å². The Bertz CT molecular complexity index is 331. The van der Waals surface area contributed by atoms with Crippen LogP contribution in [0.3, 0.4) is 0 Å². The molecule has 0 aromatic carbocycles. The second kappa shape index (κ2) is 6.14. The van der Waals surface area contributed by atoms with Crippen LogP contribution in [-0.4, -0.2) is 66.0 Å². The Balaban J connectivity index is 1.72. The number of nitrogens with zero attached hydrogens (tertiary/aromatic N) is 4. The molecule has 5 nitrogen and oxygen atoms in total. The van der Waals surface area contributed by atoms with Gasteiger partial charge in [0.25, 0.3) is 0 Å². The van der Waals surface area contributed by atoms with E-state index < -0.39 is 0 Å². The minimum atomic E-state index is 0.836. The minimum absolute atomic E-state index is 0.836. The van der Waals surface area contributed by atoms with E-state index in [1.165, 1.54) is 5.56 Å². The lowest BCUT2D eigenvalue weighted by Gasteiger charge is -2.34. The molecule has 96 valence electrons. The van der Waals surface area contributed by atoms with Crippen LogP contribution < -0.4 is 0 Å².